The van der Waals surface area contributed by atoms with E-state index in [0.717, 1.165) is 24.5 Å². The van der Waals surface area contributed by atoms with Crippen LogP contribution in [0.5, 0.6) is 0 Å². The molecule has 0 saturated carbocycles. The minimum absolute atomic E-state index is 0.631. The van der Waals surface area contributed by atoms with E-state index < -0.39 is 0 Å². The summed E-state index contributed by atoms with van der Waals surface area (Å²) in [6.07, 6.45) is 3.93. The van der Waals surface area contributed by atoms with Crippen LogP contribution in [0, 0.1) is 0 Å². The SMILES string of the molecule is CC1SCCCC1NC1CCOC1. The van der Waals surface area contributed by atoms with E-state index in [0.29, 0.717) is 6.04 Å². The molecule has 2 rings (SSSR count). The number of hydrogen-bond donors (Lipinski definition) is 1. The normalized spacial score (nSPS) is 40.8. The smallest absolute Gasteiger partial charge is 0.0620 e. The van der Waals surface area contributed by atoms with Crippen molar-refractivity contribution in [2.24, 2.45) is 0 Å². The maximum absolute atomic E-state index is 5.36. The standard InChI is InChI=1S/C10H19NOS/c1-8-10(3-2-6-13-8)11-9-4-5-12-7-9/h8-11H,2-7H2,1H3. The highest BCUT2D eigenvalue weighted by Crippen LogP contribution is 2.25. The lowest BCUT2D eigenvalue weighted by atomic mass is 10.1. The molecule has 0 aromatic carbocycles. The molecule has 13 heavy (non-hydrogen) atoms. The molecule has 76 valence electrons. The summed E-state index contributed by atoms with van der Waals surface area (Å²) in [6, 6.07) is 1.36. The predicted molar refractivity (Wildman–Crippen MR) is 57.3 cm³/mol. The van der Waals surface area contributed by atoms with Gasteiger partial charge in [0.05, 0.1) is 6.61 Å². The highest BCUT2D eigenvalue weighted by atomic mass is 32.2. The molecular formula is C10H19NOS. The van der Waals surface area contributed by atoms with Crippen LogP contribution in [0.3, 0.4) is 0 Å². The highest BCUT2D eigenvalue weighted by Gasteiger charge is 2.25. The molecule has 0 aromatic heterocycles. The van der Waals surface area contributed by atoms with Crippen molar-refractivity contribution in [3.8, 4) is 0 Å². The van der Waals surface area contributed by atoms with E-state index in [4.69, 9.17) is 4.74 Å². The summed E-state index contributed by atoms with van der Waals surface area (Å²) in [4.78, 5) is 0. The third-order valence-corrected chi connectivity index (χ3v) is 4.37. The lowest BCUT2D eigenvalue weighted by Gasteiger charge is -2.31. The van der Waals surface area contributed by atoms with Crippen LogP contribution in [0.4, 0.5) is 0 Å². The molecule has 2 saturated heterocycles. The minimum Gasteiger partial charge on any atom is -0.380 e. The first-order valence-corrected chi connectivity index (χ1v) is 6.36. The van der Waals surface area contributed by atoms with Gasteiger partial charge in [0.25, 0.3) is 0 Å². The first-order valence-electron chi connectivity index (χ1n) is 5.31. The number of nitrogens with one attached hydrogen (secondary N) is 1. The molecule has 2 aliphatic heterocycles. The fourth-order valence-electron chi connectivity index (χ4n) is 2.11. The minimum atomic E-state index is 0.631. The van der Waals surface area contributed by atoms with Crippen molar-refractivity contribution < 1.29 is 4.74 Å². The Bertz CT molecular complexity index is 159. The average Bonchev–Trinajstić information content (AvgIpc) is 2.61. The summed E-state index contributed by atoms with van der Waals surface area (Å²) in [6.45, 7) is 4.22. The number of ether oxygens (including phenoxy) is 1. The topological polar surface area (TPSA) is 21.3 Å². The molecule has 2 fully saturated rings. The molecular weight excluding hydrogens is 182 g/mol. The van der Waals surface area contributed by atoms with Gasteiger partial charge in [-0.15, -0.1) is 0 Å². The predicted octanol–water partition coefficient (Wildman–Crippen LogP) is 1.65. The average molecular weight is 201 g/mol. The van der Waals surface area contributed by atoms with Crippen LogP contribution < -0.4 is 5.32 Å². The van der Waals surface area contributed by atoms with Crippen molar-refractivity contribution in [3.05, 3.63) is 0 Å². The second kappa shape index (κ2) is 4.67. The van der Waals surface area contributed by atoms with E-state index in [1.165, 1.54) is 25.0 Å². The lowest BCUT2D eigenvalue weighted by molar-refractivity contribution is 0.187. The summed E-state index contributed by atoms with van der Waals surface area (Å²) in [7, 11) is 0. The Hall–Kier alpha value is 0.270. The van der Waals surface area contributed by atoms with E-state index in [1.807, 2.05) is 0 Å². The van der Waals surface area contributed by atoms with Gasteiger partial charge >= 0.3 is 0 Å². The summed E-state index contributed by atoms with van der Waals surface area (Å²) in [5, 5.41) is 4.51. The Balaban J connectivity index is 1.78. The van der Waals surface area contributed by atoms with Gasteiger partial charge < -0.3 is 10.1 Å². The Labute approximate surface area is 84.8 Å². The van der Waals surface area contributed by atoms with Gasteiger partial charge in [0, 0.05) is 23.9 Å². The molecule has 0 amide bonds. The summed E-state index contributed by atoms with van der Waals surface area (Å²) < 4.78 is 5.36. The maximum atomic E-state index is 5.36. The van der Waals surface area contributed by atoms with Crippen LogP contribution in [0.1, 0.15) is 26.2 Å². The van der Waals surface area contributed by atoms with E-state index in [9.17, 15) is 0 Å². The molecule has 3 unspecified atom stereocenters. The third kappa shape index (κ3) is 2.61. The van der Waals surface area contributed by atoms with Crippen molar-refractivity contribution in [1.82, 2.24) is 5.32 Å². The van der Waals surface area contributed by atoms with Gasteiger partial charge in [-0.05, 0) is 25.0 Å². The molecule has 0 spiro atoms. The van der Waals surface area contributed by atoms with Crippen LogP contribution in [-0.2, 0) is 4.74 Å². The fraction of sp³-hybridized carbons (Fsp3) is 1.00. The van der Waals surface area contributed by atoms with Crippen LogP contribution in [0.2, 0.25) is 0 Å². The second-order valence-corrected chi connectivity index (χ2v) is 5.54. The van der Waals surface area contributed by atoms with Gasteiger partial charge in [-0.25, -0.2) is 0 Å². The fourth-order valence-corrected chi connectivity index (χ4v) is 3.26. The second-order valence-electron chi connectivity index (χ2n) is 4.05. The Morgan fingerprint density at radius 2 is 2.31 bits per heavy atom. The largest absolute Gasteiger partial charge is 0.380 e. The summed E-state index contributed by atoms with van der Waals surface area (Å²) in [5.41, 5.74) is 0. The maximum Gasteiger partial charge on any atom is 0.0620 e. The van der Waals surface area contributed by atoms with Gasteiger partial charge in [-0.2, -0.15) is 11.8 Å². The third-order valence-electron chi connectivity index (χ3n) is 2.99. The zero-order valence-corrected chi connectivity index (χ0v) is 9.11. The Morgan fingerprint density at radius 1 is 1.38 bits per heavy atom. The molecule has 0 bridgehead atoms. The molecule has 1 N–H and O–H groups in total. The zero-order chi connectivity index (χ0) is 9.10. The van der Waals surface area contributed by atoms with Crippen LogP contribution in [-0.4, -0.2) is 36.3 Å². The molecule has 3 heteroatoms. The monoisotopic (exact) mass is 201 g/mol. The summed E-state index contributed by atoms with van der Waals surface area (Å²) >= 11 is 2.11. The van der Waals surface area contributed by atoms with Crippen molar-refractivity contribution in [3.63, 3.8) is 0 Å². The molecule has 2 aliphatic rings. The van der Waals surface area contributed by atoms with Crippen molar-refractivity contribution in [2.45, 2.75) is 43.5 Å². The van der Waals surface area contributed by atoms with Gasteiger partial charge in [0.1, 0.15) is 0 Å². The van der Waals surface area contributed by atoms with Crippen molar-refractivity contribution >= 4 is 11.8 Å². The highest BCUT2D eigenvalue weighted by molar-refractivity contribution is 7.99. The zero-order valence-electron chi connectivity index (χ0n) is 8.29. The first kappa shape index (κ1) is 9.81. The van der Waals surface area contributed by atoms with E-state index in [2.05, 4.69) is 24.0 Å². The number of rotatable bonds is 2. The quantitative estimate of drug-likeness (QED) is 0.734. The molecule has 0 aromatic rings. The van der Waals surface area contributed by atoms with Gasteiger partial charge in [-0.3, -0.25) is 0 Å². The first-order chi connectivity index (χ1) is 6.36. The molecule has 3 atom stereocenters. The Morgan fingerprint density at radius 3 is 3.00 bits per heavy atom. The van der Waals surface area contributed by atoms with Gasteiger partial charge in [-0.1, -0.05) is 6.92 Å². The van der Waals surface area contributed by atoms with E-state index in [1.54, 1.807) is 0 Å². The van der Waals surface area contributed by atoms with Gasteiger partial charge in [0.2, 0.25) is 0 Å². The lowest BCUT2D eigenvalue weighted by Crippen LogP contribution is -2.45. The molecule has 0 radical (unpaired) electrons. The number of thioether (sulfide) groups is 1. The molecule has 0 aliphatic carbocycles. The van der Waals surface area contributed by atoms with Crippen molar-refractivity contribution in [2.75, 3.05) is 19.0 Å². The van der Waals surface area contributed by atoms with E-state index in [-0.39, 0.29) is 0 Å². The number of hydrogen-bond acceptors (Lipinski definition) is 3. The van der Waals surface area contributed by atoms with Crippen molar-refractivity contribution in [1.29, 1.82) is 0 Å². The molecule has 2 heterocycles. The summed E-state index contributed by atoms with van der Waals surface area (Å²) in [5.74, 6) is 1.35. The van der Waals surface area contributed by atoms with Crippen LogP contribution >= 0.6 is 11.8 Å². The van der Waals surface area contributed by atoms with Crippen LogP contribution in [0.15, 0.2) is 0 Å². The van der Waals surface area contributed by atoms with E-state index >= 15 is 0 Å². The van der Waals surface area contributed by atoms with Gasteiger partial charge in [0.15, 0.2) is 0 Å². The Kier molecular flexibility index (Phi) is 3.52. The molecule has 2 nitrogen and oxygen atoms in total. The van der Waals surface area contributed by atoms with Crippen LogP contribution in [0.25, 0.3) is 0 Å².